The summed E-state index contributed by atoms with van der Waals surface area (Å²) >= 11 is 0. The van der Waals surface area contributed by atoms with Crippen LogP contribution in [-0.2, 0) is 11.2 Å². The fourth-order valence-corrected chi connectivity index (χ4v) is 2.80. The summed E-state index contributed by atoms with van der Waals surface area (Å²) < 4.78 is 18.5. The molecule has 1 aromatic heterocycles. The molecule has 1 aliphatic rings. The van der Waals surface area contributed by atoms with Crippen molar-refractivity contribution in [1.82, 2.24) is 4.90 Å². The van der Waals surface area contributed by atoms with E-state index in [1.807, 2.05) is 0 Å². The van der Waals surface area contributed by atoms with Crippen molar-refractivity contribution in [3.63, 3.8) is 0 Å². The van der Waals surface area contributed by atoms with Crippen LogP contribution in [0.3, 0.4) is 0 Å². The third kappa shape index (κ3) is 4.07. The van der Waals surface area contributed by atoms with Crippen LogP contribution in [0.5, 0.6) is 0 Å². The quantitative estimate of drug-likeness (QED) is 0.627. The zero-order valence-electron chi connectivity index (χ0n) is 14.3. The molecule has 2 heterocycles. The lowest BCUT2D eigenvalue weighted by Gasteiger charge is -2.18. The predicted molar refractivity (Wildman–Crippen MR) is 91.6 cm³/mol. The van der Waals surface area contributed by atoms with Crippen LogP contribution in [-0.4, -0.2) is 57.7 Å². The van der Waals surface area contributed by atoms with Gasteiger partial charge in [-0.25, -0.2) is 4.39 Å². The molecular weight excluding hydrogens is 357 g/mol. The number of halogens is 1. The van der Waals surface area contributed by atoms with Gasteiger partial charge in [0.15, 0.2) is 11.5 Å². The number of aliphatic hydroxyl groups is 3. The Balaban J connectivity index is 1.72. The minimum absolute atomic E-state index is 0.0361. The van der Waals surface area contributed by atoms with Crippen LogP contribution >= 0.6 is 0 Å². The van der Waals surface area contributed by atoms with Gasteiger partial charge in [0.25, 0.3) is 5.91 Å². The van der Waals surface area contributed by atoms with Crippen LogP contribution in [0.4, 0.5) is 4.39 Å². The van der Waals surface area contributed by atoms with Crippen molar-refractivity contribution in [3.8, 4) is 0 Å². The molecule has 3 rings (SSSR count). The van der Waals surface area contributed by atoms with E-state index >= 15 is 0 Å². The van der Waals surface area contributed by atoms with E-state index in [0.29, 0.717) is 12.2 Å². The van der Waals surface area contributed by atoms with E-state index in [4.69, 9.17) is 9.52 Å². The topological polar surface area (TPSA) is 111 Å². The molecule has 1 atom stereocenters. The molecule has 0 aliphatic carbocycles. The van der Waals surface area contributed by atoms with Crippen LogP contribution in [0.25, 0.3) is 0 Å². The summed E-state index contributed by atoms with van der Waals surface area (Å²) in [4.78, 5) is 25.6. The normalized spacial score (nSPS) is 15.5. The van der Waals surface area contributed by atoms with Gasteiger partial charge in [0.1, 0.15) is 11.6 Å². The number of Topliss-reactive ketones (excluding diaryl/α,β-unsaturated/α-hetero) is 1. The molecule has 1 aromatic carbocycles. The van der Waals surface area contributed by atoms with Gasteiger partial charge in [0.05, 0.1) is 24.8 Å². The number of carbonyl (C=O) groups excluding carboxylic acids is 2. The number of benzene rings is 1. The molecule has 0 bridgehead atoms. The lowest BCUT2D eigenvalue weighted by atomic mass is 10.1. The molecule has 142 valence electrons. The fourth-order valence-electron chi connectivity index (χ4n) is 2.80. The molecule has 27 heavy (non-hydrogen) atoms. The number of furan rings is 1. The lowest BCUT2D eigenvalue weighted by Crippen LogP contribution is -2.36. The molecule has 1 aliphatic heterocycles. The maximum Gasteiger partial charge on any atom is 0.289 e. The highest BCUT2D eigenvalue weighted by Crippen LogP contribution is 2.23. The zero-order valence-corrected chi connectivity index (χ0v) is 14.3. The van der Waals surface area contributed by atoms with Gasteiger partial charge in [-0.2, -0.15) is 0 Å². The first-order valence-corrected chi connectivity index (χ1v) is 8.27. The van der Waals surface area contributed by atoms with Crippen LogP contribution < -0.4 is 0 Å². The van der Waals surface area contributed by atoms with Gasteiger partial charge in [-0.3, -0.25) is 9.59 Å². The third-order valence-electron chi connectivity index (χ3n) is 4.22. The second-order valence-electron chi connectivity index (χ2n) is 6.25. The van der Waals surface area contributed by atoms with Gasteiger partial charge in [-0.05, 0) is 29.8 Å². The van der Waals surface area contributed by atoms with Crippen LogP contribution in [0.1, 0.15) is 21.9 Å². The molecule has 3 N–H and O–H groups in total. The Hall–Kier alpha value is -2.97. The van der Waals surface area contributed by atoms with E-state index in [0.717, 1.165) is 10.5 Å². The number of ketones is 1. The SMILES string of the molecule is O=C(C1=C(O)C(=O)N(CC(O)CO)C1)c1ccc(Cc2ccc(F)cc2)o1. The minimum Gasteiger partial charge on any atom is -0.503 e. The molecule has 0 radical (unpaired) electrons. The van der Waals surface area contributed by atoms with Gasteiger partial charge in [-0.1, -0.05) is 12.1 Å². The highest BCUT2D eigenvalue weighted by molar-refractivity contribution is 6.14. The number of carbonyl (C=O) groups is 2. The number of hydrogen-bond acceptors (Lipinski definition) is 6. The molecule has 8 heteroatoms. The third-order valence-corrected chi connectivity index (χ3v) is 4.22. The standard InChI is InChI=1S/C19H18FNO6/c20-12-3-1-11(2-4-12)7-14-5-6-16(27-14)17(24)15-9-21(8-13(23)10-22)19(26)18(15)25/h1-6,13,22-23,25H,7-10H2. The Bertz CT molecular complexity index is 886. The van der Waals surface area contributed by atoms with Crippen molar-refractivity contribution in [3.05, 3.63) is 70.6 Å². The molecule has 0 spiro atoms. The Morgan fingerprint density at radius 1 is 1.22 bits per heavy atom. The molecule has 1 amide bonds. The minimum atomic E-state index is -1.16. The number of aliphatic hydroxyl groups excluding tert-OH is 3. The average Bonchev–Trinajstić information content (AvgIpc) is 3.23. The first-order chi connectivity index (χ1) is 12.9. The van der Waals surface area contributed by atoms with E-state index in [9.17, 15) is 24.2 Å². The largest absolute Gasteiger partial charge is 0.503 e. The van der Waals surface area contributed by atoms with Crippen LogP contribution in [0, 0.1) is 5.82 Å². The van der Waals surface area contributed by atoms with Gasteiger partial charge >= 0.3 is 0 Å². The van der Waals surface area contributed by atoms with Crippen LogP contribution in [0.15, 0.2) is 52.1 Å². The maximum absolute atomic E-state index is 13.0. The summed E-state index contributed by atoms with van der Waals surface area (Å²) in [5.74, 6) is -2.02. The summed E-state index contributed by atoms with van der Waals surface area (Å²) in [6.45, 7) is -0.933. The summed E-state index contributed by atoms with van der Waals surface area (Å²) in [6.07, 6.45) is -0.811. The number of nitrogens with zero attached hydrogens (tertiary/aromatic N) is 1. The number of amides is 1. The van der Waals surface area contributed by atoms with Gasteiger partial charge in [0, 0.05) is 13.0 Å². The van der Waals surface area contributed by atoms with E-state index in [1.165, 1.54) is 18.2 Å². The number of hydrogen-bond donors (Lipinski definition) is 3. The monoisotopic (exact) mass is 375 g/mol. The second kappa shape index (κ2) is 7.73. The van der Waals surface area contributed by atoms with Crippen molar-refractivity contribution in [1.29, 1.82) is 0 Å². The molecule has 0 saturated heterocycles. The van der Waals surface area contributed by atoms with Gasteiger partial charge in [0.2, 0.25) is 5.78 Å². The van der Waals surface area contributed by atoms with Crippen molar-refractivity contribution in [2.24, 2.45) is 0 Å². The van der Waals surface area contributed by atoms with Crippen molar-refractivity contribution >= 4 is 11.7 Å². The van der Waals surface area contributed by atoms with Crippen molar-refractivity contribution in [2.75, 3.05) is 19.7 Å². The molecule has 2 aromatic rings. The fraction of sp³-hybridized carbons (Fsp3) is 0.263. The second-order valence-corrected chi connectivity index (χ2v) is 6.25. The van der Waals surface area contributed by atoms with Crippen molar-refractivity contribution < 1.29 is 33.7 Å². The predicted octanol–water partition coefficient (Wildman–Crippen LogP) is 1.20. The lowest BCUT2D eigenvalue weighted by molar-refractivity contribution is -0.129. The van der Waals surface area contributed by atoms with E-state index in [2.05, 4.69) is 0 Å². The highest BCUT2D eigenvalue weighted by Gasteiger charge is 2.36. The number of β-amino-alcohol motifs (C(OH)–C–C–N with tert-alkyl or cyclic N) is 1. The molecule has 1 unspecified atom stereocenters. The summed E-state index contributed by atoms with van der Waals surface area (Å²) in [7, 11) is 0. The summed E-state index contributed by atoms with van der Waals surface area (Å²) in [5.41, 5.74) is 0.667. The smallest absolute Gasteiger partial charge is 0.289 e. The Morgan fingerprint density at radius 2 is 1.93 bits per heavy atom. The Morgan fingerprint density at radius 3 is 2.59 bits per heavy atom. The van der Waals surface area contributed by atoms with Gasteiger partial charge < -0.3 is 24.6 Å². The first kappa shape index (κ1) is 18.8. The Kier molecular flexibility index (Phi) is 5.38. The zero-order chi connectivity index (χ0) is 19.6. The Labute approximate surface area is 154 Å². The van der Waals surface area contributed by atoms with Gasteiger partial charge in [-0.15, -0.1) is 0 Å². The van der Waals surface area contributed by atoms with Crippen molar-refractivity contribution in [2.45, 2.75) is 12.5 Å². The maximum atomic E-state index is 13.0. The molecule has 7 nitrogen and oxygen atoms in total. The van der Waals surface area contributed by atoms with Crippen LogP contribution in [0.2, 0.25) is 0 Å². The summed E-state index contributed by atoms with van der Waals surface area (Å²) in [5, 5.41) is 28.3. The summed E-state index contributed by atoms with van der Waals surface area (Å²) in [6, 6.07) is 8.90. The highest BCUT2D eigenvalue weighted by atomic mass is 19.1. The number of rotatable bonds is 7. The molecule has 0 fully saturated rings. The average molecular weight is 375 g/mol. The van der Waals surface area contributed by atoms with E-state index < -0.39 is 30.2 Å². The molecule has 0 saturated carbocycles. The molecular formula is C19H18FNO6. The first-order valence-electron chi connectivity index (χ1n) is 8.27. The van der Waals surface area contributed by atoms with E-state index in [1.54, 1.807) is 18.2 Å². The van der Waals surface area contributed by atoms with E-state index in [-0.39, 0.29) is 30.2 Å².